The zero-order chi connectivity index (χ0) is 37.6. The Morgan fingerprint density at radius 3 is 0.939 bits per heavy atom. The Balaban J connectivity index is 0. The first-order valence-corrected chi connectivity index (χ1v) is 21.7. The molecule has 298 valence electrons. The minimum atomic E-state index is -3.70. The Kier molecular flexibility index (Phi) is 22.8. The zero-order valence-corrected chi connectivity index (χ0v) is 37.1. The van der Waals surface area contributed by atoms with Crippen LogP contribution in [0, 0.1) is 0 Å². The number of rotatable bonds is 29. The fourth-order valence-electron chi connectivity index (χ4n) is 5.50. The van der Waals surface area contributed by atoms with E-state index in [1.807, 2.05) is 41.5 Å². The van der Waals surface area contributed by atoms with E-state index in [0.29, 0.717) is 6.04 Å². The van der Waals surface area contributed by atoms with E-state index < -0.39 is 42.4 Å². The first kappa shape index (κ1) is 51.3. The normalized spacial score (nSPS) is 14.3. The van der Waals surface area contributed by atoms with Gasteiger partial charge in [-0.3, -0.25) is 0 Å². The lowest BCUT2D eigenvalue weighted by Gasteiger charge is -2.51. The summed E-state index contributed by atoms with van der Waals surface area (Å²) in [4.78, 5) is 0. The summed E-state index contributed by atoms with van der Waals surface area (Å²) >= 11 is 0. The Bertz CT molecular complexity index is 789. The number of unbranched alkanes of at least 4 members (excludes halogenated alkanes) is 14. The molecule has 0 radical (unpaired) electrons. The zero-order valence-electron chi connectivity index (χ0n) is 35.3. The molecule has 0 amide bonds. The van der Waals surface area contributed by atoms with Gasteiger partial charge in [-0.25, -0.2) is 0 Å². The van der Waals surface area contributed by atoms with Crippen molar-refractivity contribution in [2.75, 3.05) is 27.2 Å². The lowest BCUT2D eigenvalue weighted by molar-refractivity contribution is -0.890. The van der Waals surface area contributed by atoms with Crippen LogP contribution in [0.5, 0.6) is 0 Å². The fraction of sp³-hybridized carbons (Fsp3) is 1.00. The minimum Gasteiger partial charge on any atom is -1.00 e. The summed E-state index contributed by atoms with van der Waals surface area (Å²) in [5.74, 6) is 0. The standard InChI is InChI=1S/C40H86NO6Si.ClH/c1-16-17-18-19-20-21-22-23-24-25-26-27-28-29-30-32-41(14,15)33-31-34-48(45-38(8,9)35(2,3)42,46-39(10,11)36(4,5)43)47-40(12,13)37(6,7)44;/h42-44H,16-34H2,1-15H3;1H/q+1;/p-1. The lowest BCUT2D eigenvalue weighted by atomic mass is 9.90. The monoisotopic (exact) mass is 740 g/mol. The van der Waals surface area contributed by atoms with Gasteiger partial charge in [0.25, 0.3) is 0 Å². The van der Waals surface area contributed by atoms with Gasteiger partial charge in [-0.15, -0.1) is 0 Å². The number of hydrogen-bond acceptors (Lipinski definition) is 6. The van der Waals surface area contributed by atoms with Crippen LogP contribution in [0.3, 0.4) is 0 Å². The molecule has 0 rings (SSSR count). The summed E-state index contributed by atoms with van der Waals surface area (Å²) in [6.45, 7) is 25.8. The van der Waals surface area contributed by atoms with Gasteiger partial charge < -0.3 is 45.5 Å². The Labute approximate surface area is 313 Å². The quantitative estimate of drug-likeness (QED) is 0.0437. The van der Waals surface area contributed by atoms with Crippen molar-refractivity contribution in [2.45, 2.75) is 232 Å². The van der Waals surface area contributed by atoms with Crippen molar-refractivity contribution in [3.8, 4) is 0 Å². The molecule has 0 saturated heterocycles. The van der Waals surface area contributed by atoms with Crippen molar-refractivity contribution in [2.24, 2.45) is 0 Å². The van der Waals surface area contributed by atoms with Crippen LogP contribution in [0.1, 0.15) is 193 Å². The second-order valence-corrected chi connectivity index (χ2v) is 21.1. The highest BCUT2D eigenvalue weighted by atomic mass is 35.5. The van der Waals surface area contributed by atoms with Gasteiger partial charge in [-0.2, -0.15) is 0 Å². The van der Waals surface area contributed by atoms with Gasteiger partial charge in [0.1, 0.15) is 0 Å². The second kappa shape index (κ2) is 21.8. The number of halogens is 1. The number of nitrogens with zero attached hydrogens (tertiary/aromatic N) is 1. The average Bonchev–Trinajstić information content (AvgIpc) is 2.88. The Hall–Kier alpha value is 0.227. The van der Waals surface area contributed by atoms with Crippen LogP contribution in [0.25, 0.3) is 0 Å². The summed E-state index contributed by atoms with van der Waals surface area (Å²) in [6.07, 6.45) is 21.3. The predicted octanol–water partition coefficient (Wildman–Crippen LogP) is 6.97. The maximum absolute atomic E-state index is 11.1. The second-order valence-electron chi connectivity index (χ2n) is 18.6. The first-order chi connectivity index (χ1) is 21.6. The van der Waals surface area contributed by atoms with Gasteiger partial charge in [0.05, 0.1) is 60.8 Å². The molecule has 0 aliphatic heterocycles. The predicted molar refractivity (Wildman–Crippen MR) is 206 cm³/mol. The van der Waals surface area contributed by atoms with Crippen LogP contribution >= 0.6 is 0 Å². The molecule has 0 aliphatic carbocycles. The van der Waals surface area contributed by atoms with E-state index in [-0.39, 0.29) is 12.4 Å². The molecule has 0 aromatic carbocycles. The van der Waals surface area contributed by atoms with Crippen molar-refractivity contribution in [3.63, 3.8) is 0 Å². The van der Waals surface area contributed by atoms with Gasteiger partial charge in [0.15, 0.2) is 0 Å². The third kappa shape index (κ3) is 20.3. The molecule has 0 aromatic heterocycles. The highest BCUT2D eigenvalue weighted by Crippen LogP contribution is 2.41. The maximum atomic E-state index is 11.1. The van der Waals surface area contributed by atoms with E-state index in [0.717, 1.165) is 24.0 Å². The molecule has 0 fully saturated rings. The molecular formula is C40H86ClNO6Si. The van der Waals surface area contributed by atoms with E-state index in [1.54, 1.807) is 41.5 Å². The molecule has 0 spiro atoms. The molecule has 9 heteroatoms. The molecule has 0 saturated carbocycles. The third-order valence-electron chi connectivity index (χ3n) is 11.3. The van der Waals surface area contributed by atoms with E-state index in [2.05, 4.69) is 21.0 Å². The highest BCUT2D eigenvalue weighted by molar-refractivity contribution is 6.61. The first-order valence-electron chi connectivity index (χ1n) is 19.7. The summed E-state index contributed by atoms with van der Waals surface area (Å²) < 4.78 is 21.5. The molecule has 0 aromatic rings. The van der Waals surface area contributed by atoms with Crippen molar-refractivity contribution >= 4 is 8.80 Å². The molecule has 0 bridgehead atoms. The maximum Gasteiger partial charge on any atom is 0.502 e. The molecule has 0 unspecified atom stereocenters. The SMILES string of the molecule is CCCCCCCCCCCCCCCCC[N+](C)(C)CCC[Si](OC(C)(C)C(C)(C)O)(OC(C)(C)C(C)(C)O)OC(C)(C)C(C)(C)O.[Cl-]. The van der Waals surface area contributed by atoms with Crippen molar-refractivity contribution in [1.29, 1.82) is 0 Å². The van der Waals surface area contributed by atoms with Crippen LogP contribution < -0.4 is 12.4 Å². The Morgan fingerprint density at radius 2 is 0.673 bits per heavy atom. The van der Waals surface area contributed by atoms with Gasteiger partial charge in [0, 0.05) is 12.5 Å². The Morgan fingerprint density at radius 1 is 0.429 bits per heavy atom. The molecule has 0 atom stereocenters. The van der Waals surface area contributed by atoms with Gasteiger partial charge in [-0.05, 0) is 95.9 Å². The van der Waals surface area contributed by atoms with Crippen LogP contribution in [-0.2, 0) is 13.3 Å². The van der Waals surface area contributed by atoms with Crippen molar-refractivity contribution in [3.05, 3.63) is 0 Å². The van der Waals surface area contributed by atoms with Crippen LogP contribution in [0.15, 0.2) is 0 Å². The van der Waals surface area contributed by atoms with Crippen molar-refractivity contribution < 1.29 is 45.5 Å². The van der Waals surface area contributed by atoms with Crippen LogP contribution in [-0.4, -0.2) is 89.4 Å². The smallest absolute Gasteiger partial charge is 0.502 e. The number of quaternary nitrogens is 1. The molecule has 3 N–H and O–H groups in total. The number of hydrogen-bond donors (Lipinski definition) is 3. The lowest BCUT2D eigenvalue weighted by Crippen LogP contribution is -3.00. The average molecular weight is 741 g/mol. The molecule has 0 heterocycles. The summed E-state index contributed by atoms with van der Waals surface area (Å²) in [5, 5.41) is 33.4. The van der Waals surface area contributed by atoms with Crippen LogP contribution in [0.4, 0.5) is 0 Å². The van der Waals surface area contributed by atoms with Crippen LogP contribution in [0.2, 0.25) is 6.04 Å². The minimum absolute atomic E-state index is 0. The van der Waals surface area contributed by atoms with E-state index in [9.17, 15) is 15.3 Å². The fourth-order valence-corrected chi connectivity index (χ4v) is 9.61. The summed E-state index contributed by atoms with van der Waals surface area (Å²) in [7, 11) is 0.883. The molecule has 0 aliphatic rings. The van der Waals surface area contributed by atoms with E-state index in [1.165, 1.54) is 96.3 Å². The third-order valence-corrected chi connectivity index (χ3v) is 14.7. The number of aliphatic hydroxyl groups is 3. The molecular weight excluding hydrogens is 654 g/mol. The van der Waals surface area contributed by atoms with E-state index in [4.69, 9.17) is 13.3 Å². The summed E-state index contributed by atoms with van der Waals surface area (Å²) in [5.41, 5.74) is -6.66. The van der Waals surface area contributed by atoms with Crippen molar-refractivity contribution in [1.82, 2.24) is 0 Å². The van der Waals surface area contributed by atoms with Gasteiger partial charge in [0.2, 0.25) is 0 Å². The van der Waals surface area contributed by atoms with Gasteiger partial charge >= 0.3 is 8.80 Å². The topological polar surface area (TPSA) is 88.4 Å². The van der Waals surface area contributed by atoms with E-state index >= 15 is 0 Å². The summed E-state index contributed by atoms with van der Waals surface area (Å²) in [6, 6.07) is 0.492. The molecule has 49 heavy (non-hydrogen) atoms. The molecule has 7 nitrogen and oxygen atoms in total. The van der Waals surface area contributed by atoms with Gasteiger partial charge in [-0.1, -0.05) is 90.4 Å². The largest absolute Gasteiger partial charge is 1.00 e. The highest BCUT2D eigenvalue weighted by Gasteiger charge is 2.58.